The molecule has 0 aliphatic carbocycles. The van der Waals surface area contributed by atoms with Crippen molar-refractivity contribution in [3.63, 3.8) is 0 Å². The number of ether oxygens (including phenoxy) is 1. The molecule has 0 fully saturated rings. The minimum atomic E-state index is -0.175. The number of methoxy groups -OCH3 is 1. The zero-order chi connectivity index (χ0) is 18.4. The maximum absolute atomic E-state index is 13.1. The highest BCUT2D eigenvalue weighted by Crippen LogP contribution is 2.32. The first kappa shape index (κ1) is 16.8. The van der Waals surface area contributed by atoms with Gasteiger partial charge in [-0.3, -0.25) is 4.79 Å². The summed E-state index contributed by atoms with van der Waals surface area (Å²) in [6.45, 7) is 6.36. The van der Waals surface area contributed by atoms with Crippen LogP contribution >= 0.6 is 11.3 Å². The lowest BCUT2D eigenvalue weighted by Gasteiger charge is -2.08. The van der Waals surface area contributed by atoms with Gasteiger partial charge in [-0.05, 0) is 44.0 Å². The molecule has 0 saturated carbocycles. The van der Waals surface area contributed by atoms with Crippen LogP contribution in [-0.4, -0.2) is 27.1 Å². The van der Waals surface area contributed by atoms with E-state index in [1.807, 2.05) is 45.0 Å². The van der Waals surface area contributed by atoms with Crippen molar-refractivity contribution < 1.29 is 4.74 Å². The highest BCUT2D eigenvalue weighted by Gasteiger charge is 2.18. The average Bonchev–Trinajstić information content (AvgIpc) is 2.95. The van der Waals surface area contributed by atoms with Gasteiger partial charge in [0.2, 0.25) is 0 Å². The standard InChI is InChI=1S/C19H18N4O2S/c1-10-5-6-14(11(2)7-10)23-19(24)17-16(21-22-23)15-13(9-25-4)8-12(3)20-18(15)26-17/h5-8H,9H2,1-4H3. The van der Waals surface area contributed by atoms with E-state index in [0.717, 1.165) is 38.3 Å². The lowest BCUT2D eigenvalue weighted by atomic mass is 10.1. The van der Waals surface area contributed by atoms with Gasteiger partial charge in [-0.15, -0.1) is 16.4 Å². The van der Waals surface area contributed by atoms with Crippen LogP contribution in [0.3, 0.4) is 0 Å². The third-order valence-corrected chi connectivity index (χ3v) is 5.41. The smallest absolute Gasteiger partial charge is 0.292 e. The summed E-state index contributed by atoms with van der Waals surface area (Å²) in [4.78, 5) is 18.5. The van der Waals surface area contributed by atoms with E-state index in [2.05, 4.69) is 15.3 Å². The number of benzene rings is 1. The lowest BCUT2D eigenvalue weighted by Crippen LogP contribution is -2.22. The normalized spacial score (nSPS) is 11.5. The minimum Gasteiger partial charge on any atom is -0.380 e. The molecule has 0 saturated heterocycles. The third-order valence-electron chi connectivity index (χ3n) is 4.35. The molecule has 0 spiro atoms. The van der Waals surface area contributed by atoms with E-state index >= 15 is 0 Å². The first-order valence-corrected chi connectivity index (χ1v) is 9.06. The van der Waals surface area contributed by atoms with Crippen molar-refractivity contribution in [1.29, 1.82) is 0 Å². The van der Waals surface area contributed by atoms with E-state index in [9.17, 15) is 4.79 Å². The third kappa shape index (κ3) is 2.60. The molecule has 0 bridgehead atoms. The summed E-state index contributed by atoms with van der Waals surface area (Å²) in [5.41, 5.74) is 5.14. The Morgan fingerprint density at radius 3 is 2.73 bits per heavy atom. The van der Waals surface area contributed by atoms with Gasteiger partial charge >= 0.3 is 0 Å². The number of aryl methyl sites for hydroxylation is 3. The number of thiophene rings is 1. The monoisotopic (exact) mass is 366 g/mol. The Hall–Kier alpha value is -2.64. The number of pyridine rings is 1. The van der Waals surface area contributed by atoms with Crippen LogP contribution < -0.4 is 5.56 Å². The predicted octanol–water partition coefficient (Wildman–Crippen LogP) is 3.46. The van der Waals surface area contributed by atoms with Crippen LogP contribution in [0.25, 0.3) is 26.1 Å². The van der Waals surface area contributed by atoms with Gasteiger partial charge in [0, 0.05) is 18.2 Å². The van der Waals surface area contributed by atoms with Crippen molar-refractivity contribution in [2.24, 2.45) is 0 Å². The Balaban J connectivity index is 2.04. The Kier molecular flexibility index (Phi) is 4.05. The summed E-state index contributed by atoms with van der Waals surface area (Å²) >= 11 is 1.36. The molecule has 0 radical (unpaired) electrons. The van der Waals surface area contributed by atoms with Crippen LogP contribution in [0, 0.1) is 20.8 Å². The molecule has 4 rings (SSSR count). The summed E-state index contributed by atoms with van der Waals surface area (Å²) in [6, 6.07) is 7.86. The van der Waals surface area contributed by atoms with E-state index in [1.165, 1.54) is 16.0 Å². The number of rotatable bonds is 3. The number of hydrogen-bond acceptors (Lipinski definition) is 6. The van der Waals surface area contributed by atoms with Crippen molar-refractivity contribution in [3.8, 4) is 5.69 Å². The Labute approximate surface area is 154 Å². The summed E-state index contributed by atoms with van der Waals surface area (Å²) in [7, 11) is 1.65. The highest BCUT2D eigenvalue weighted by atomic mass is 32.1. The molecule has 0 aliphatic heterocycles. The second-order valence-corrected chi connectivity index (χ2v) is 7.41. The molecule has 0 aliphatic rings. The van der Waals surface area contributed by atoms with Crippen molar-refractivity contribution >= 4 is 31.8 Å². The SMILES string of the molecule is COCc1cc(C)nc2sc3c(=O)n(-c4ccc(C)cc4C)nnc3c12. The van der Waals surface area contributed by atoms with Gasteiger partial charge in [-0.1, -0.05) is 22.9 Å². The van der Waals surface area contributed by atoms with Gasteiger partial charge in [0.25, 0.3) is 5.56 Å². The Morgan fingerprint density at radius 1 is 1.19 bits per heavy atom. The molecule has 0 N–H and O–H groups in total. The number of aromatic nitrogens is 4. The van der Waals surface area contributed by atoms with Gasteiger partial charge in [-0.25, -0.2) is 4.98 Å². The van der Waals surface area contributed by atoms with E-state index in [1.54, 1.807) is 7.11 Å². The molecule has 7 heteroatoms. The Bertz CT molecular complexity index is 1210. The topological polar surface area (TPSA) is 69.9 Å². The maximum Gasteiger partial charge on any atom is 0.292 e. The number of nitrogens with zero attached hydrogens (tertiary/aromatic N) is 4. The van der Waals surface area contributed by atoms with Crippen molar-refractivity contribution in [3.05, 3.63) is 57.0 Å². The maximum atomic E-state index is 13.1. The quantitative estimate of drug-likeness (QED) is 0.555. The lowest BCUT2D eigenvalue weighted by molar-refractivity contribution is 0.186. The molecule has 4 aromatic rings. The van der Waals surface area contributed by atoms with Crippen LogP contribution in [0.1, 0.15) is 22.4 Å². The van der Waals surface area contributed by atoms with Gasteiger partial charge in [-0.2, -0.15) is 4.68 Å². The first-order valence-electron chi connectivity index (χ1n) is 8.25. The summed E-state index contributed by atoms with van der Waals surface area (Å²) in [6.07, 6.45) is 0. The number of fused-ring (bicyclic) bond motifs is 3. The van der Waals surface area contributed by atoms with Gasteiger partial charge in [0.1, 0.15) is 15.0 Å². The van der Waals surface area contributed by atoms with E-state index in [0.29, 0.717) is 16.8 Å². The molecule has 1 aromatic carbocycles. The molecule has 132 valence electrons. The molecule has 3 heterocycles. The van der Waals surface area contributed by atoms with Crippen LogP contribution in [-0.2, 0) is 11.3 Å². The second-order valence-electron chi connectivity index (χ2n) is 6.41. The fraction of sp³-hybridized carbons (Fsp3) is 0.263. The molecule has 6 nitrogen and oxygen atoms in total. The van der Waals surface area contributed by atoms with Crippen molar-refractivity contribution in [1.82, 2.24) is 20.0 Å². The predicted molar refractivity (Wildman–Crippen MR) is 103 cm³/mol. The molecule has 0 unspecified atom stereocenters. The average molecular weight is 366 g/mol. The molecular weight excluding hydrogens is 348 g/mol. The molecule has 3 aromatic heterocycles. The van der Waals surface area contributed by atoms with E-state index < -0.39 is 0 Å². The largest absolute Gasteiger partial charge is 0.380 e. The van der Waals surface area contributed by atoms with Gasteiger partial charge in [0.15, 0.2) is 0 Å². The van der Waals surface area contributed by atoms with Gasteiger partial charge in [0.05, 0.1) is 12.3 Å². The highest BCUT2D eigenvalue weighted by molar-refractivity contribution is 7.25. The van der Waals surface area contributed by atoms with Crippen LogP contribution in [0.5, 0.6) is 0 Å². The van der Waals surface area contributed by atoms with Crippen LogP contribution in [0.4, 0.5) is 0 Å². The zero-order valence-electron chi connectivity index (χ0n) is 15.0. The number of hydrogen-bond donors (Lipinski definition) is 0. The van der Waals surface area contributed by atoms with E-state index in [-0.39, 0.29) is 5.56 Å². The van der Waals surface area contributed by atoms with Gasteiger partial charge < -0.3 is 4.74 Å². The Morgan fingerprint density at radius 2 is 2.00 bits per heavy atom. The van der Waals surface area contributed by atoms with Crippen LogP contribution in [0.2, 0.25) is 0 Å². The van der Waals surface area contributed by atoms with Crippen LogP contribution in [0.15, 0.2) is 29.1 Å². The fourth-order valence-electron chi connectivity index (χ4n) is 3.23. The first-order chi connectivity index (χ1) is 12.5. The molecule has 0 atom stereocenters. The summed E-state index contributed by atoms with van der Waals surface area (Å²) < 4.78 is 7.24. The zero-order valence-corrected chi connectivity index (χ0v) is 15.8. The minimum absolute atomic E-state index is 0.175. The fourth-order valence-corrected chi connectivity index (χ4v) is 4.36. The molecule has 0 amide bonds. The van der Waals surface area contributed by atoms with E-state index in [4.69, 9.17) is 4.74 Å². The summed E-state index contributed by atoms with van der Waals surface area (Å²) in [5.74, 6) is 0. The molecular formula is C19H18N4O2S. The van der Waals surface area contributed by atoms with Crippen molar-refractivity contribution in [2.45, 2.75) is 27.4 Å². The van der Waals surface area contributed by atoms with Crippen molar-refractivity contribution in [2.75, 3.05) is 7.11 Å². The second kappa shape index (κ2) is 6.26. The molecule has 26 heavy (non-hydrogen) atoms. The summed E-state index contributed by atoms with van der Waals surface area (Å²) in [5, 5.41) is 9.43.